The average Bonchev–Trinajstić information content (AvgIpc) is 2.16. The third kappa shape index (κ3) is 2.24. The summed E-state index contributed by atoms with van der Waals surface area (Å²) in [5.41, 5.74) is -0.0272. The maximum Gasteiger partial charge on any atom is 0.310 e. The van der Waals surface area contributed by atoms with E-state index in [1.807, 2.05) is 0 Å². The number of halogens is 1. The molecule has 1 N–H and O–H groups in total. The standard InChI is InChI=1S/C9H8ClNO4/c1-5(9(12)13)6-3-2-4-7(8(6)10)11(14)15/h2-5H,1H3,(H,12,13). The molecule has 0 aromatic heterocycles. The SMILES string of the molecule is CC(C(=O)O)c1cccc([N+](=O)[O-])c1Cl. The lowest BCUT2D eigenvalue weighted by molar-refractivity contribution is -0.384. The molecule has 0 aliphatic rings. The van der Waals surface area contributed by atoms with Gasteiger partial charge in [0, 0.05) is 6.07 Å². The van der Waals surface area contributed by atoms with Crippen molar-refractivity contribution in [2.24, 2.45) is 0 Å². The highest BCUT2D eigenvalue weighted by Gasteiger charge is 2.22. The van der Waals surface area contributed by atoms with Crippen LogP contribution in [0.25, 0.3) is 0 Å². The molecule has 0 fully saturated rings. The Morgan fingerprint density at radius 2 is 2.20 bits per heavy atom. The van der Waals surface area contributed by atoms with Gasteiger partial charge in [-0.2, -0.15) is 0 Å². The summed E-state index contributed by atoms with van der Waals surface area (Å²) >= 11 is 5.74. The number of nitro groups is 1. The first-order chi connectivity index (χ1) is 6.95. The Morgan fingerprint density at radius 1 is 1.60 bits per heavy atom. The first kappa shape index (κ1) is 11.5. The highest BCUT2D eigenvalue weighted by molar-refractivity contribution is 6.33. The Morgan fingerprint density at radius 3 is 2.67 bits per heavy atom. The maximum absolute atomic E-state index is 10.7. The summed E-state index contributed by atoms with van der Waals surface area (Å²) in [6.07, 6.45) is 0. The van der Waals surface area contributed by atoms with E-state index >= 15 is 0 Å². The van der Waals surface area contributed by atoms with Crippen LogP contribution in [0.15, 0.2) is 18.2 Å². The van der Waals surface area contributed by atoms with Gasteiger partial charge in [-0.1, -0.05) is 23.7 Å². The predicted molar refractivity (Wildman–Crippen MR) is 54.2 cm³/mol. The number of benzene rings is 1. The Balaban J connectivity index is 3.26. The molecule has 0 bridgehead atoms. The van der Waals surface area contributed by atoms with Gasteiger partial charge < -0.3 is 5.11 Å². The molecule has 0 amide bonds. The van der Waals surface area contributed by atoms with Gasteiger partial charge in [0.25, 0.3) is 5.69 Å². The van der Waals surface area contributed by atoms with Crippen LogP contribution in [0.5, 0.6) is 0 Å². The minimum Gasteiger partial charge on any atom is -0.481 e. The number of aliphatic carboxylic acids is 1. The molecule has 80 valence electrons. The largest absolute Gasteiger partial charge is 0.481 e. The molecule has 1 aromatic rings. The van der Waals surface area contributed by atoms with Crippen molar-refractivity contribution in [1.29, 1.82) is 0 Å². The van der Waals surface area contributed by atoms with Crippen LogP contribution in [-0.4, -0.2) is 16.0 Å². The van der Waals surface area contributed by atoms with Gasteiger partial charge in [0.15, 0.2) is 0 Å². The molecule has 0 spiro atoms. The van der Waals surface area contributed by atoms with E-state index in [2.05, 4.69) is 0 Å². The van der Waals surface area contributed by atoms with Crippen LogP contribution in [0.3, 0.4) is 0 Å². The van der Waals surface area contributed by atoms with Gasteiger partial charge in [0.05, 0.1) is 10.8 Å². The summed E-state index contributed by atoms with van der Waals surface area (Å²) in [6, 6.07) is 4.12. The Bertz CT molecular complexity index is 419. The van der Waals surface area contributed by atoms with Gasteiger partial charge in [-0.15, -0.1) is 0 Å². The summed E-state index contributed by atoms with van der Waals surface area (Å²) in [6.45, 7) is 1.42. The second-order valence-electron chi connectivity index (χ2n) is 3.00. The fraction of sp³-hybridized carbons (Fsp3) is 0.222. The maximum atomic E-state index is 10.7. The molecule has 1 aromatic carbocycles. The summed E-state index contributed by atoms with van der Waals surface area (Å²) in [5.74, 6) is -1.94. The molecule has 0 saturated heterocycles. The minimum absolute atomic E-state index is 0.114. The van der Waals surface area contributed by atoms with Gasteiger partial charge in [-0.25, -0.2) is 0 Å². The first-order valence-electron chi connectivity index (χ1n) is 4.10. The number of hydrogen-bond donors (Lipinski definition) is 1. The van der Waals surface area contributed by atoms with E-state index in [1.54, 1.807) is 0 Å². The molecule has 0 aliphatic heterocycles. The molecule has 15 heavy (non-hydrogen) atoms. The van der Waals surface area contributed by atoms with Crippen LogP contribution in [0, 0.1) is 10.1 Å². The van der Waals surface area contributed by atoms with Crippen molar-refractivity contribution in [2.45, 2.75) is 12.8 Å². The third-order valence-corrected chi connectivity index (χ3v) is 2.45. The summed E-state index contributed by atoms with van der Waals surface area (Å²) in [5, 5.41) is 19.2. The fourth-order valence-corrected chi connectivity index (χ4v) is 1.50. The molecule has 1 rings (SSSR count). The van der Waals surface area contributed by atoms with Crippen molar-refractivity contribution in [3.8, 4) is 0 Å². The van der Waals surface area contributed by atoms with E-state index in [1.165, 1.54) is 25.1 Å². The predicted octanol–water partition coefficient (Wildman–Crippen LogP) is 2.44. The summed E-state index contributed by atoms with van der Waals surface area (Å²) < 4.78 is 0. The Labute approximate surface area is 90.4 Å². The van der Waals surface area contributed by atoms with Gasteiger partial charge in [0.2, 0.25) is 0 Å². The van der Waals surface area contributed by atoms with Crippen LogP contribution in [0.1, 0.15) is 18.4 Å². The second kappa shape index (κ2) is 4.27. The lowest BCUT2D eigenvalue weighted by Gasteiger charge is -2.08. The van der Waals surface area contributed by atoms with E-state index < -0.39 is 16.8 Å². The number of carboxylic acids is 1. The van der Waals surface area contributed by atoms with Crippen molar-refractivity contribution in [3.63, 3.8) is 0 Å². The number of nitrogens with zero attached hydrogens (tertiary/aromatic N) is 1. The number of hydrogen-bond acceptors (Lipinski definition) is 3. The van der Waals surface area contributed by atoms with Crippen molar-refractivity contribution in [2.75, 3.05) is 0 Å². The van der Waals surface area contributed by atoms with Gasteiger partial charge >= 0.3 is 5.97 Å². The van der Waals surface area contributed by atoms with Crippen molar-refractivity contribution in [1.82, 2.24) is 0 Å². The van der Waals surface area contributed by atoms with E-state index in [0.29, 0.717) is 0 Å². The third-order valence-electron chi connectivity index (χ3n) is 2.04. The van der Waals surface area contributed by atoms with Gasteiger partial charge in [-0.3, -0.25) is 14.9 Å². The smallest absolute Gasteiger partial charge is 0.310 e. The zero-order chi connectivity index (χ0) is 11.6. The van der Waals surface area contributed by atoms with E-state index in [9.17, 15) is 14.9 Å². The van der Waals surface area contributed by atoms with Crippen molar-refractivity contribution in [3.05, 3.63) is 38.9 Å². The minimum atomic E-state index is -1.07. The molecular weight excluding hydrogens is 222 g/mol. The molecular formula is C9H8ClNO4. The summed E-state index contributed by atoms with van der Waals surface area (Å²) in [7, 11) is 0. The van der Waals surface area contributed by atoms with Crippen LogP contribution >= 0.6 is 11.6 Å². The number of rotatable bonds is 3. The number of carbonyl (C=O) groups is 1. The number of nitro benzene ring substituents is 1. The quantitative estimate of drug-likeness (QED) is 0.638. The first-order valence-corrected chi connectivity index (χ1v) is 4.48. The van der Waals surface area contributed by atoms with Crippen molar-refractivity contribution >= 4 is 23.3 Å². The molecule has 0 saturated carbocycles. The fourth-order valence-electron chi connectivity index (χ4n) is 1.15. The second-order valence-corrected chi connectivity index (χ2v) is 3.38. The van der Waals surface area contributed by atoms with Crippen LogP contribution in [0.2, 0.25) is 5.02 Å². The molecule has 1 atom stereocenters. The van der Waals surface area contributed by atoms with E-state index in [0.717, 1.165) is 0 Å². The number of carboxylic acid groups (broad SMARTS) is 1. The molecule has 5 nitrogen and oxygen atoms in total. The highest BCUT2D eigenvalue weighted by atomic mass is 35.5. The topological polar surface area (TPSA) is 80.4 Å². The Kier molecular flexibility index (Phi) is 3.26. The highest BCUT2D eigenvalue weighted by Crippen LogP contribution is 2.32. The molecule has 0 radical (unpaired) electrons. The van der Waals surface area contributed by atoms with E-state index in [4.69, 9.17) is 16.7 Å². The van der Waals surface area contributed by atoms with Crippen LogP contribution in [-0.2, 0) is 4.79 Å². The molecule has 1 unspecified atom stereocenters. The van der Waals surface area contributed by atoms with E-state index in [-0.39, 0.29) is 16.3 Å². The molecule has 0 aliphatic carbocycles. The zero-order valence-corrected chi connectivity index (χ0v) is 8.56. The normalized spacial score (nSPS) is 12.1. The van der Waals surface area contributed by atoms with Crippen LogP contribution < -0.4 is 0 Å². The lowest BCUT2D eigenvalue weighted by Crippen LogP contribution is -2.08. The monoisotopic (exact) mass is 229 g/mol. The average molecular weight is 230 g/mol. The van der Waals surface area contributed by atoms with Crippen LogP contribution in [0.4, 0.5) is 5.69 Å². The van der Waals surface area contributed by atoms with Gasteiger partial charge in [0.1, 0.15) is 5.02 Å². The molecule has 0 heterocycles. The Hall–Kier alpha value is -1.62. The van der Waals surface area contributed by atoms with Gasteiger partial charge in [-0.05, 0) is 12.5 Å². The van der Waals surface area contributed by atoms with Crippen molar-refractivity contribution < 1.29 is 14.8 Å². The molecule has 6 heteroatoms. The lowest BCUT2D eigenvalue weighted by atomic mass is 10.0. The summed E-state index contributed by atoms with van der Waals surface area (Å²) in [4.78, 5) is 20.6. The zero-order valence-electron chi connectivity index (χ0n) is 7.81.